The zero-order chi connectivity index (χ0) is 110. The number of primary amides is 1. The van der Waals surface area contributed by atoms with Crippen molar-refractivity contribution in [2.24, 2.45) is 34.8 Å². The summed E-state index contributed by atoms with van der Waals surface area (Å²) in [5.41, 5.74) is 24.6. The van der Waals surface area contributed by atoms with Crippen LogP contribution in [0.25, 0.3) is 0 Å². The van der Waals surface area contributed by atoms with Gasteiger partial charge in [-0.1, -0.05) is 120 Å². The topological polar surface area (TPSA) is 744 Å². The van der Waals surface area contributed by atoms with Crippen LogP contribution in [0, 0.1) is 11.8 Å². The number of phenolic OH excluding ortho intramolecular Hbond substituents is 1. The van der Waals surface area contributed by atoms with Gasteiger partial charge in [0, 0.05) is 71.8 Å². The third kappa shape index (κ3) is 39.2. The van der Waals surface area contributed by atoms with E-state index in [0.717, 1.165) is 53.1 Å². The second-order valence-electron chi connectivity index (χ2n) is 37.4. The molecule has 22 amide bonds. The molecule has 8 rings (SSSR count). The molecule has 5 aliphatic rings. The normalized spacial score (nSPS) is 24.9. The standard InChI is InChI=1S/C98H141N25O23S4/c1-9-52(5)78(102)97(145)107-54(7)81(129)118-71-48-149-49-72(121-86(134)63(38-51(3)4)113-87(135)64(39-56-22-13-11-14-23-56)114-85(133)62(112-93(71)141)27-18-20-34-100)95(143)122-79-55(8)150-50-73(109-77(127)44-105-96(144)74-28-21-36-123(74)98(79)146)91(139)106-53(6)80(128)111-61(26-17-19-33-99)84(132)110-60(10-2)82(130)104-43-76(126)108-69-47-148-46-68-83(131)103-35-37-147-45-70(94(142)116-66(89(137)119-68)41-58-29-31-59(124)32-30-58)120-90(138)67(42-75(101)125)117-88(136)65(115-92(69)140)40-57-24-15-12-16-25-57/h10-16,22-25,29-32,35,37,51-55,61-74,78-79,124H,9,17-21,26-28,33-34,36,38-50,99-100,102H2,1-8H3,(H2,101,125)(H,103,131)(H,104,130)(H,105,144)(H,106,139)(H,107,145)(H,108,126)(H,109,127)(H,110,132)(H,111,128)(H,112,141)(H,113,135)(H,114,133)(H,115,140)(H,116,142)(H,117,136)(H,118,129)(H,119,137)(H,120,138)(H,121,134)(H,122,143)/b37-35-,60-10+/t52-,53-,54-,55-,61-,62-,63-,64-,65-,66-,67-,68+,69+,70+,71+,72+,73+,74-,78-,79+/m0/s1. The van der Waals surface area contributed by atoms with Crippen LogP contribution in [-0.2, 0) is 125 Å². The summed E-state index contributed by atoms with van der Waals surface area (Å²) in [5, 5.41) is 62.5. The first-order valence-electron chi connectivity index (χ1n) is 49.8. The van der Waals surface area contributed by atoms with E-state index in [-0.39, 0.29) is 106 Å². The molecule has 0 unspecified atom stereocenters. The van der Waals surface area contributed by atoms with Gasteiger partial charge in [0.2, 0.25) is 124 Å². The quantitative estimate of drug-likeness (QED) is 0.0190. The lowest BCUT2D eigenvalue weighted by Gasteiger charge is -2.33. The van der Waals surface area contributed by atoms with Gasteiger partial charge in [-0.25, -0.2) is 0 Å². The molecule has 5 heterocycles. The van der Waals surface area contributed by atoms with Crippen molar-refractivity contribution in [2.75, 3.05) is 67.2 Å². The van der Waals surface area contributed by atoms with E-state index >= 15 is 14.4 Å². The third-order valence-electron chi connectivity index (χ3n) is 25.1. The predicted molar refractivity (Wildman–Crippen MR) is 560 cm³/mol. The highest BCUT2D eigenvalue weighted by Gasteiger charge is 2.45. The van der Waals surface area contributed by atoms with E-state index in [4.69, 9.17) is 22.9 Å². The molecule has 29 N–H and O–H groups in total. The minimum Gasteiger partial charge on any atom is -0.508 e. The molecule has 48 nitrogen and oxygen atoms in total. The number of phenols is 1. The molecule has 0 radical (unpaired) electrons. The molecule has 5 aliphatic heterocycles. The summed E-state index contributed by atoms with van der Waals surface area (Å²) in [4.78, 5) is 319. The number of carbonyl (C=O) groups is 22. The van der Waals surface area contributed by atoms with Gasteiger partial charge in [0.05, 0.1) is 25.6 Å². The fourth-order valence-electron chi connectivity index (χ4n) is 16.2. The first kappa shape index (κ1) is 122. The first-order chi connectivity index (χ1) is 71.5. The van der Waals surface area contributed by atoms with E-state index < -0.39 is 286 Å². The molecule has 3 aromatic rings. The minimum absolute atomic E-state index is 0.00118. The Bertz CT molecular complexity index is 5330. The van der Waals surface area contributed by atoms with Crippen molar-refractivity contribution in [3.8, 4) is 5.75 Å². The summed E-state index contributed by atoms with van der Waals surface area (Å²) in [6, 6.07) is -4.35. The van der Waals surface area contributed by atoms with Crippen LogP contribution in [0.15, 0.2) is 108 Å². The van der Waals surface area contributed by atoms with Crippen LogP contribution in [0.4, 0.5) is 0 Å². The molecule has 4 fully saturated rings. The van der Waals surface area contributed by atoms with E-state index in [9.17, 15) is 96.2 Å². The lowest BCUT2D eigenvalue weighted by molar-refractivity contribution is -0.142. The number of carbonyl (C=O) groups excluding carboxylic acids is 22. The number of nitrogens with two attached hydrogens (primary N) is 4. The molecular formula is C98H141N25O23S4. The smallest absolute Gasteiger partial charge is 0.267 e. The largest absolute Gasteiger partial charge is 0.508 e. The summed E-state index contributed by atoms with van der Waals surface area (Å²) < 4.78 is 0. The van der Waals surface area contributed by atoms with E-state index in [0.29, 0.717) is 48.8 Å². The Kier molecular flexibility index (Phi) is 50.0. The summed E-state index contributed by atoms with van der Waals surface area (Å²) in [7, 11) is 0. The number of hydrogen-bond donors (Lipinski definition) is 25. The Morgan fingerprint density at radius 2 is 1.06 bits per heavy atom. The molecule has 0 spiro atoms. The SMILES string of the molecule is C/C=C(/NC(=O)[C@H](CCCCN)NC(=O)[C@H](C)NC(=O)[C@H]1CS[C@@H](C)[C@@H](NC(=O)[C@H]2CSC[C@@H](NC(=O)[C@H](C)NC(=O)[C@@H](N)[C@@H](C)CC)C(=O)N[C@@H](CCCCN)C(=O)N[C@@H](Cc3ccccc3)C(=O)N[C@@H](CC(C)C)C(=O)N2)C(=O)N2CCC[C@H]2C(=O)NCC(=O)N1)C(=O)NCC(=O)N[C@@H]1CSC[C@H]2NC(=O)[C@H](Cc3ccc(O)cc3)NC(=O)[C@@H](CS/C=C\NC2=O)NC(=O)[C@H](CC(N)=O)NC(=O)[C@H](Cc2ccccc2)NC1=O. The summed E-state index contributed by atoms with van der Waals surface area (Å²) in [6.07, 6.45) is 2.87. The maximum Gasteiger partial charge on any atom is 0.267 e. The Morgan fingerprint density at radius 1 is 0.527 bits per heavy atom. The third-order valence-corrected chi connectivity index (χ3v) is 29.5. The number of nitrogens with one attached hydrogen (secondary N) is 20. The number of allylic oxidation sites excluding steroid dienone is 1. The molecule has 2 bridgehead atoms. The lowest BCUT2D eigenvalue weighted by atomic mass is 9.99. The van der Waals surface area contributed by atoms with Gasteiger partial charge in [0.15, 0.2) is 0 Å². The number of amides is 22. The van der Waals surface area contributed by atoms with Crippen LogP contribution in [-0.4, -0.2) is 321 Å². The van der Waals surface area contributed by atoms with Crippen LogP contribution >= 0.6 is 47.0 Å². The van der Waals surface area contributed by atoms with Crippen molar-refractivity contribution < 1.29 is 111 Å². The summed E-state index contributed by atoms with van der Waals surface area (Å²) in [5.74, 6) is -23.5. The van der Waals surface area contributed by atoms with Crippen molar-refractivity contribution in [1.82, 2.24) is 111 Å². The molecule has 0 aliphatic carbocycles. The van der Waals surface area contributed by atoms with Crippen molar-refractivity contribution in [3.63, 3.8) is 0 Å². The highest BCUT2D eigenvalue weighted by Crippen LogP contribution is 2.27. The second kappa shape index (κ2) is 61.6. The van der Waals surface area contributed by atoms with E-state index in [2.05, 4.69) is 106 Å². The number of aromatic hydroxyl groups is 1. The Balaban J connectivity index is 1.01. The van der Waals surface area contributed by atoms with Crippen LogP contribution in [0.3, 0.4) is 0 Å². The summed E-state index contributed by atoms with van der Waals surface area (Å²) >= 11 is 3.54. The lowest BCUT2D eigenvalue weighted by Crippen LogP contribution is -2.62. The molecule has 820 valence electrons. The number of rotatable bonds is 36. The van der Waals surface area contributed by atoms with Gasteiger partial charge in [-0.15, -0.1) is 11.8 Å². The maximum absolute atomic E-state index is 15.6. The summed E-state index contributed by atoms with van der Waals surface area (Å²) in [6.45, 7) is 11.3. The van der Waals surface area contributed by atoms with E-state index in [1.807, 2.05) is 6.92 Å². The first-order valence-corrected chi connectivity index (χ1v) is 54.2. The molecule has 150 heavy (non-hydrogen) atoms. The second-order valence-corrected chi connectivity index (χ2v) is 41.9. The average molecular weight is 2170 g/mol. The van der Waals surface area contributed by atoms with Crippen molar-refractivity contribution in [1.29, 1.82) is 0 Å². The molecule has 52 heteroatoms. The maximum atomic E-state index is 15.6. The van der Waals surface area contributed by atoms with Crippen molar-refractivity contribution in [2.45, 2.75) is 259 Å². The van der Waals surface area contributed by atoms with Gasteiger partial charge in [-0.2, -0.15) is 35.3 Å². The monoisotopic (exact) mass is 2160 g/mol. The average Bonchev–Trinajstić information content (AvgIpc) is 1.63. The zero-order valence-corrected chi connectivity index (χ0v) is 88.2. The molecule has 4 saturated heterocycles. The van der Waals surface area contributed by atoms with Gasteiger partial charge in [-0.3, -0.25) is 105 Å². The number of unbranched alkanes of at least 4 members (excludes halogenated alkanes) is 2. The van der Waals surface area contributed by atoms with Gasteiger partial charge >= 0.3 is 0 Å². The Labute approximate surface area is 885 Å². The fraction of sp³-hybridized carbons (Fsp3) is 0.551. The van der Waals surface area contributed by atoms with Crippen molar-refractivity contribution >= 4 is 177 Å². The number of hydrogen-bond acceptors (Lipinski definition) is 30. The predicted octanol–water partition coefficient (Wildman–Crippen LogP) is -6.02. The van der Waals surface area contributed by atoms with Gasteiger partial charge in [0.25, 0.3) is 5.91 Å². The number of nitrogens with zero attached hydrogens (tertiary/aromatic N) is 1. The van der Waals surface area contributed by atoms with E-state index in [1.165, 1.54) is 68.5 Å². The number of fused-ring (bicyclic) bond motifs is 7. The Morgan fingerprint density at radius 3 is 1.67 bits per heavy atom. The van der Waals surface area contributed by atoms with Crippen LogP contribution in [0.2, 0.25) is 0 Å². The van der Waals surface area contributed by atoms with Crippen LogP contribution in [0.5, 0.6) is 5.75 Å². The van der Waals surface area contributed by atoms with Crippen LogP contribution in [0.1, 0.15) is 143 Å². The highest BCUT2D eigenvalue weighted by molar-refractivity contribution is 8.02. The van der Waals surface area contributed by atoms with Gasteiger partial charge < -0.3 is 139 Å². The minimum atomic E-state index is -1.80. The van der Waals surface area contributed by atoms with E-state index in [1.54, 1.807) is 81.4 Å². The fourth-order valence-corrected chi connectivity index (χ4v) is 20.2. The molecule has 3 aromatic carbocycles. The molecule has 0 saturated carbocycles. The molecule has 0 aromatic heterocycles. The number of thioether (sulfide) groups is 4. The zero-order valence-electron chi connectivity index (χ0n) is 84.9. The Hall–Kier alpha value is -13.4. The number of benzene rings is 3. The highest BCUT2D eigenvalue weighted by atomic mass is 32.2. The molecule has 20 atom stereocenters. The van der Waals surface area contributed by atoms with Crippen LogP contribution < -0.4 is 129 Å². The molecular weight excluding hydrogens is 2020 g/mol. The van der Waals surface area contributed by atoms with Crippen molar-refractivity contribution in [3.05, 3.63) is 125 Å². The van der Waals surface area contributed by atoms with Gasteiger partial charge in [0.1, 0.15) is 114 Å². The van der Waals surface area contributed by atoms with Gasteiger partial charge in [-0.05, 0) is 138 Å².